The van der Waals surface area contributed by atoms with Crippen LogP contribution in [0.5, 0.6) is 0 Å². The molecule has 3 saturated heterocycles. The Hall–Kier alpha value is -1.36. The van der Waals surface area contributed by atoms with Crippen molar-refractivity contribution in [2.24, 2.45) is 40.3 Å². The first kappa shape index (κ1) is 43.8. The summed E-state index contributed by atoms with van der Waals surface area (Å²) >= 11 is 0. The van der Waals surface area contributed by atoms with Gasteiger partial charge in [0.2, 0.25) is 5.91 Å². The zero-order valence-electron chi connectivity index (χ0n) is 30.1. The fourth-order valence-corrected chi connectivity index (χ4v) is 7.74. The molecule has 0 bridgehead atoms. The van der Waals surface area contributed by atoms with E-state index in [2.05, 4.69) is 10.6 Å². The van der Waals surface area contributed by atoms with E-state index in [1.165, 1.54) is 0 Å². The molecule has 0 aromatic heterocycles. The lowest BCUT2D eigenvalue weighted by Crippen LogP contribution is -2.67. The van der Waals surface area contributed by atoms with E-state index in [9.17, 15) is 39.8 Å². The Morgan fingerprint density at radius 3 is 2.04 bits per heavy atom. The van der Waals surface area contributed by atoms with Crippen molar-refractivity contribution in [2.45, 2.75) is 154 Å². The molecule has 314 valence electrons. The lowest BCUT2D eigenvalue weighted by atomic mass is 9.81. The molecular weight excluding hydrogens is 723 g/mol. The van der Waals surface area contributed by atoms with Gasteiger partial charge in [-0.1, -0.05) is 0 Å². The maximum atomic E-state index is 14.0. The highest BCUT2D eigenvalue weighted by molar-refractivity contribution is 5.76. The molecule has 3 heterocycles. The summed E-state index contributed by atoms with van der Waals surface area (Å²) < 4.78 is 49.9. The molecule has 0 radical (unpaired) electrons. The largest absolute Gasteiger partial charge is 0.394 e. The number of hydrogen-bond donors (Lipinski definition) is 14. The molecule has 19 atom stereocenters. The van der Waals surface area contributed by atoms with Gasteiger partial charge in [-0.25, -0.2) is 4.39 Å². The van der Waals surface area contributed by atoms with Crippen LogP contribution in [0.25, 0.3) is 0 Å². The molecule has 3 aliphatic heterocycles. The first-order valence-electron chi connectivity index (χ1n) is 18.7. The molecule has 1 amide bonds. The normalized spacial score (nSPS) is 47.6. The van der Waals surface area contributed by atoms with Crippen molar-refractivity contribution in [2.75, 3.05) is 32.8 Å². The van der Waals surface area contributed by atoms with Gasteiger partial charge in [-0.15, -0.1) is 0 Å². The third-order valence-corrected chi connectivity index (χ3v) is 11.0. The Kier molecular flexibility index (Phi) is 15.7. The number of aliphatic hydroxyl groups excluding tert-OH is 6. The molecule has 5 fully saturated rings. The summed E-state index contributed by atoms with van der Waals surface area (Å²) in [6.45, 7) is -0.303. The van der Waals surface area contributed by atoms with Crippen molar-refractivity contribution >= 4 is 5.91 Å². The minimum atomic E-state index is -1.68. The molecule has 20 N–H and O–H groups in total. The van der Waals surface area contributed by atoms with Gasteiger partial charge in [0, 0.05) is 31.7 Å². The fourth-order valence-electron chi connectivity index (χ4n) is 7.74. The summed E-state index contributed by atoms with van der Waals surface area (Å²) in [7, 11) is 0. The standard InChI is InChI=1S/C32H61FN8O13/c33-12(6-34)3-21(44)41-16-4-14(37)27(52-30-15(38)5-17(43)19(50-30)9-40-8-11-1-13(36)2-11)29(23(16)45)54-32-26(48)28(20(10-42)51-32)53-31-22(39)25(47)24(46)18(7-35)49-31/h11-20,22-32,40,42-43,45-48H,1-10,34-39H2,(H,41,44)/t11?,12-,13?,14+,15-,16-,17+,18+,19-,20-,22-,23+,24-,25-,26-,27-,28-,29-,30-,31-,32+/m1/s1. The summed E-state index contributed by atoms with van der Waals surface area (Å²) in [6.07, 6.45) is -18.7. The van der Waals surface area contributed by atoms with Gasteiger partial charge in [0.1, 0.15) is 61.1 Å². The molecule has 0 spiro atoms. The second kappa shape index (κ2) is 19.4. The van der Waals surface area contributed by atoms with Crippen molar-refractivity contribution in [3.63, 3.8) is 0 Å². The summed E-state index contributed by atoms with van der Waals surface area (Å²) in [4.78, 5) is 12.7. The fraction of sp³-hybridized carbons (Fsp3) is 0.969. The molecule has 5 rings (SSSR count). The lowest BCUT2D eigenvalue weighted by molar-refractivity contribution is -0.296. The molecule has 21 nitrogen and oxygen atoms in total. The quantitative estimate of drug-likeness (QED) is 0.0691. The predicted octanol–water partition coefficient (Wildman–Crippen LogP) is -7.65. The van der Waals surface area contributed by atoms with E-state index in [-0.39, 0.29) is 32.0 Å². The summed E-state index contributed by atoms with van der Waals surface area (Å²) in [6, 6.07) is -4.00. The van der Waals surface area contributed by atoms with Crippen LogP contribution in [0, 0.1) is 5.92 Å². The van der Waals surface area contributed by atoms with Gasteiger partial charge in [-0.3, -0.25) is 4.79 Å². The second-order valence-corrected chi connectivity index (χ2v) is 15.2. The molecule has 2 saturated carbocycles. The first-order valence-corrected chi connectivity index (χ1v) is 18.7. The maximum Gasteiger partial charge on any atom is 0.223 e. The summed E-state index contributed by atoms with van der Waals surface area (Å²) in [5.74, 6) is -0.321. The van der Waals surface area contributed by atoms with E-state index in [0.29, 0.717) is 12.5 Å². The highest BCUT2D eigenvalue weighted by Crippen LogP contribution is 2.35. The van der Waals surface area contributed by atoms with Gasteiger partial charge in [0.25, 0.3) is 0 Å². The number of carbonyl (C=O) groups excluding carboxylic acids is 1. The zero-order chi connectivity index (χ0) is 39.4. The van der Waals surface area contributed by atoms with Gasteiger partial charge in [0.05, 0.1) is 43.4 Å². The van der Waals surface area contributed by atoms with Crippen LogP contribution in [0.3, 0.4) is 0 Å². The lowest BCUT2D eigenvalue weighted by Gasteiger charge is -2.47. The van der Waals surface area contributed by atoms with Crippen LogP contribution >= 0.6 is 0 Å². The number of halogens is 1. The number of hydrogen-bond acceptors (Lipinski definition) is 20. The number of carbonyl (C=O) groups is 1. The van der Waals surface area contributed by atoms with Crippen LogP contribution in [0.2, 0.25) is 0 Å². The van der Waals surface area contributed by atoms with Crippen LogP contribution in [0.15, 0.2) is 0 Å². The summed E-state index contributed by atoms with van der Waals surface area (Å²) in [5, 5.41) is 70.6. The Morgan fingerprint density at radius 1 is 0.741 bits per heavy atom. The number of nitrogens with two attached hydrogens (primary N) is 6. The third kappa shape index (κ3) is 10.2. The van der Waals surface area contributed by atoms with E-state index in [0.717, 1.165) is 12.8 Å². The third-order valence-electron chi connectivity index (χ3n) is 11.0. The Bertz CT molecular complexity index is 1190. The van der Waals surface area contributed by atoms with E-state index < -0.39 is 142 Å². The number of rotatable bonds is 16. The molecular formula is C32H61FN8O13. The van der Waals surface area contributed by atoms with Crippen molar-refractivity contribution < 1.29 is 68.2 Å². The van der Waals surface area contributed by atoms with E-state index >= 15 is 0 Å². The SMILES string of the molecule is NC[C@H](F)CC(=O)N[C@@H]1C[C@H](N)[C@@H](O[C@H]2O[C@H](CNCC3CC(N)C3)[C@@H](O)C[C@H]2N)[C@H](O[C@@H]2O[C@H](CO)[C@@H](O[C@H]3O[C@@H](CN)[C@@H](O)[C@H](O)[C@H]3N)[C@H]2O)[C@H]1O. The Labute approximate surface area is 312 Å². The second-order valence-electron chi connectivity index (χ2n) is 15.2. The Morgan fingerprint density at radius 2 is 1.39 bits per heavy atom. The average molecular weight is 785 g/mol. The molecule has 0 aromatic rings. The number of amides is 1. The monoisotopic (exact) mass is 784 g/mol. The van der Waals surface area contributed by atoms with Gasteiger partial charge in [-0.05, 0) is 38.1 Å². The van der Waals surface area contributed by atoms with Crippen LogP contribution in [-0.4, -0.2) is 192 Å². The van der Waals surface area contributed by atoms with Crippen LogP contribution in [0.4, 0.5) is 4.39 Å². The molecule has 2 aliphatic carbocycles. The molecule has 0 unspecified atom stereocenters. The highest BCUT2D eigenvalue weighted by atomic mass is 19.1. The maximum absolute atomic E-state index is 14.0. The predicted molar refractivity (Wildman–Crippen MR) is 184 cm³/mol. The Balaban J connectivity index is 1.31. The summed E-state index contributed by atoms with van der Waals surface area (Å²) in [5.41, 5.74) is 35.9. The first-order chi connectivity index (χ1) is 25.6. The van der Waals surface area contributed by atoms with Crippen molar-refractivity contribution in [1.29, 1.82) is 0 Å². The van der Waals surface area contributed by atoms with E-state index in [1.807, 2.05) is 0 Å². The van der Waals surface area contributed by atoms with Crippen LogP contribution in [-0.2, 0) is 33.2 Å². The topological polar surface area (TPSA) is 374 Å². The van der Waals surface area contributed by atoms with Crippen LogP contribution in [0.1, 0.15) is 32.1 Å². The average Bonchev–Trinajstić information content (AvgIpc) is 3.42. The van der Waals surface area contributed by atoms with Crippen molar-refractivity contribution in [3.05, 3.63) is 0 Å². The van der Waals surface area contributed by atoms with Crippen LogP contribution < -0.4 is 45.0 Å². The molecule has 54 heavy (non-hydrogen) atoms. The minimum absolute atomic E-state index is 0.0669. The number of aliphatic hydroxyl groups is 6. The van der Waals surface area contributed by atoms with Gasteiger partial charge >= 0.3 is 0 Å². The van der Waals surface area contributed by atoms with E-state index in [1.54, 1.807) is 0 Å². The zero-order valence-corrected chi connectivity index (χ0v) is 30.1. The molecule has 0 aromatic carbocycles. The number of nitrogens with one attached hydrogen (secondary N) is 2. The highest BCUT2D eigenvalue weighted by Gasteiger charge is 2.54. The smallest absolute Gasteiger partial charge is 0.223 e. The molecule has 5 aliphatic rings. The van der Waals surface area contributed by atoms with Gasteiger partial charge < -0.3 is 104 Å². The minimum Gasteiger partial charge on any atom is -0.394 e. The molecule has 22 heteroatoms. The van der Waals surface area contributed by atoms with Gasteiger partial charge in [0.15, 0.2) is 18.9 Å². The van der Waals surface area contributed by atoms with Gasteiger partial charge in [-0.2, -0.15) is 0 Å². The number of ether oxygens (including phenoxy) is 6. The van der Waals surface area contributed by atoms with E-state index in [4.69, 9.17) is 62.8 Å². The van der Waals surface area contributed by atoms with Crippen molar-refractivity contribution in [1.82, 2.24) is 10.6 Å². The van der Waals surface area contributed by atoms with Crippen molar-refractivity contribution in [3.8, 4) is 0 Å². The number of alkyl halides is 1.